The number of benzene rings is 1. The van der Waals surface area contributed by atoms with Gasteiger partial charge in [-0.25, -0.2) is 9.37 Å². The summed E-state index contributed by atoms with van der Waals surface area (Å²) in [7, 11) is 1.90. The van der Waals surface area contributed by atoms with Gasteiger partial charge in [0.2, 0.25) is 0 Å². The van der Waals surface area contributed by atoms with Crippen molar-refractivity contribution in [1.29, 1.82) is 0 Å². The van der Waals surface area contributed by atoms with E-state index in [0.717, 1.165) is 28.8 Å². The van der Waals surface area contributed by atoms with Crippen LogP contribution in [0.3, 0.4) is 0 Å². The van der Waals surface area contributed by atoms with E-state index in [1.165, 1.54) is 12.1 Å². The lowest BCUT2D eigenvalue weighted by atomic mass is 10.0. The van der Waals surface area contributed by atoms with Crippen molar-refractivity contribution in [2.45, 2.75) is 25.9 Å². The van der Waals surface area contributed by atoms with E-state index < -0.39 is 0 Å². The number of rotatable bonds is 5. The lowest BCUT2D eigenvalue weighted by Gasteiger charge is -2.18. The molecule has 5 heteroatoms. The summed E-state index contributed by atoms with van der Waals surface area (Å²) >= 11 is 3.42. The third-order valence-corrected chi connectivity index (χ3v) is 3.90. The van der Waals surface area contributed by atoms with Crippen molar-refractivity contribution in [3.05, 3.63) is 52.3 Å². The topological polar surface area (TPSA) is 29.9 Å². The van der Waals surface area contributed by atoms with Crippen molar-refractivity contribution < 1.29 is 4.39 Å². The van der Waals surface area contributed by atoms with Crippen molar-refractivity contribution in [1.82, 2.24) is 14.9 Å². The lowest BCUT2D eigenvalue weighted by Crippen LogP contribution is -2.21. The minimum Gasteiger partial charge on any atom is -0.335 e. The summed E-state index contributed by atoms with van der Waals surface area (Å²) in [5.74, 6) is 0.790. The Morgan fingerprint density at radius 1 is 1.47 bits per heavy atom. The van der Waals surface area contributed by atoms with Crippen molar-refractivity contribution in [3.8, 4) is 0 Å². The van der Waals surface area contributed by atoms with Gasteiger partial charge in [-0.05, 0) is 31.7 Å². The molecule has 0 aliphatic carbocycles. The van der Waals surface area contributed by atoms with E-state index in [9.17, 15) is 4.39 Å². The fourth-order valence-electron chi connectivity index (χ4n) is 2.15. The number of imidazole rings is 1. The van der Waals surface area contributed by atoms with Crippen LogP contribution < -0.4 is 5.32 Å². The Hall–Kier alpha value is -1.20. The summed E-state index contributed by atoms with van der Waals surface area (Å²) in [6.45, 7) is 2.99. The van der Waals surface area contributed by atoms with Gasteiger partial charge in [0.15, 0.2) is 0 Å². The smallest absolute Gasteiger partial charge is 0.124 e. The predicted molar refractivity (Wildman–Crippen MR) is 77.5 cm³/mol. The Labute approximate surface area is 121 Å². The molecule has 0 bridgehead atoms. The molecule has 2 rings (SSSR count). The van der Waals surface area contributed by atoms with Crippen LogP contribution in [-0.2, 0) is 13.0 Å². The zero-order valence-corrected chi connectivity index (χ0v) is 12.6. The molecule has 1 heterocycles. The molecule has 3 nitrogen and oxygen atoms in total. The van der Waals surface area contributed by atoms with Crippen LogP contribution in [0.5, 0.6) is 0 Å². The van der Waals surface area contributed by atoms with E-state index in [2.05, 4.69) is 37.7 Å². The predicted octanol–water partition coefficient (Wildman–Crippen LogP) is 3.31. The SMILES string of the molecule is CCn1ccnc1CC(NC)c1ccc(F)cc1Br. The molecule has 0 radical (unpaired) electrons. The number of hydrogen-bond acceptors (Lipinski definition) is 2. The summed E-state index contributed by atoms with van der Waals surface area (Å²) in [6.07, 6.45) is 4.55. The Morgan fingerprint density at radius 2 is 2.26 bits per heavy atom. The maximum Gasteiger partial charge on any atom is 0.124 e. The van der Waals surface area contributed by atoms with Crippen LogP contribution in [0.1, 0.15) is 24.4 Å². The average Bonchev–Trinajstić information content (AvgIpc) is 2.84. The average molecular weight is 326 g/mol. The van der Waals surface area contributed by atoms with Gasteiger partial charge < -0.3 is 9.88 Å². The van der Waals surface area contributed by atoms with Crippen LogP contribution in [0, 0.1) is 5.82 Å². The lowest BCUT2D eigenvalue weighted by molar-refractivity contribution is 0.548. The first-order valence-corrected chi connectivity index (χ1v) is 7.07. The number of nitrogens with zero attached hydrogens (tertiary/aromatic N) is 2. The highest BCUT2D eigenvalue weighted by Gasteiger charge is 2.16. The van der Waals surface area contributed by atoms with E-state index in [4.69, 9.17) is 0 Å². The molecule has 2 aromatic rings. The zero-order chi connectivity index (χ0) is 13.8. The molecule has 0 amide bonds. The molecule has 0 saturated carbocycles. The Morgan fingerprint density at radius 3 is 2.89 bits per heavy atom. The third kappa shape index (κ3) is 3.22. The van der Waals surface area contributed by atoms with Gasteiger partial charge >= 0.3 is 0 Å². The normalized spacial score (nSPS) is 12.6. The maximum absolute atomic E-state index is 13.1. The second-order valence-electron chi connectivity index (χ2n) is 4.34. The van der Waals surface area contributed by atoms with Gasteiger partial charge in [0.05, 0.1) is 0 Å². The molecule has 1 aromatic carbocycles. The van der Waals surface area contributed by atoms with Crippen molar-refractivity contribution in [3.63, 3.8) is 0 Å². The zero-order valence-electron chi connectivity index (χ0n) is 11.0. The Kier molecular flexibility index (Phi) is 4.71. The monoisotopic (exact) mass is 325 g/mol. The van der Waals surface area contributed by atoms with Crippen molar-refractivity contribution >= 4 is 15.9 Å². The van der Waals surface area contributed by atoms with Gasteiger partial charge in [0.25, 0.3) is 0 Å². The quantitative estimate of drug-likeness (QED) is 0.914. The van der Waals surface area contributed by atoms with Crippen molar-refractivity contribution in [2.24, 2.45) is 0 Å². The number of aromatic nitrogens is 2. The molecular formula is C14H17BrFN3. The number of hydrogen-bond donors (Lipinski definition) is 1. The molecule has 1 atom stereocenters. The Balaban J connectivity index is 2.25. The molecule has 1 N–H and O–H groups in total. The van der Waals surface area contributed by atoms with E-state index in [1.54, 1.807) is 6.07 Å². The van der Waals surface area contributed by atoms with Crippen LogP contribution >= 0.6 is 15.9 Å². The van der Waals surface area contributed by atoms with E-state index in [1.807, 2.05) is 19.4 Å². The van der Waals surface area contributed by atoms with Crippen LogP contribution in [-0.4, -0.2) is 16.6 Å². The standard InChI is InChI=1S/C14H17BrFN3/c1-3-19-7-6-18-14(19)9-13(17-2)11-5-4-10(16)8-12(11)15/h4-8,13,17H,3,9H2,1-2H3. The van der Waals surface area contributed by atoms with Gasteiger partial charge in [-0.2, -0.15) is 0 Å². The first-order chi connectivity index (χ1) is 9.15. The summed E-state index contributed by atoms with van der Waals surface area (Å²) < 4.78 is 16.0. The summed E-state index contributed by atoms with van der Waals surface area (Å²) in [4.78, 5) is 4.38. The number of nitrogens with one attached hydrogen (secondary N) is 1. The minimum absolute atomic E-state index is 0.0997. The molecule has 0 fully saturated rings. The van der Waals surface area contributed by atoms with Crippen LogP contribution in [0.25, 0.3) is 0 Å². The molecule has 0 aliphatic rings. The van der Waals surface area contributed by atoms with Crippen LogP contribution in [0.2, 0.25) is 0 Å². The second kappa shape index (κ2) is 6.30. The maximum atomic E-state index is 13.1. The highest BCUT2D eigenvalue weighted by atomic mass is 79.9. The highest BCUT2D eigenvalue weighted by molar-refractivity contribution is 9.10. The summed E-state index contributed by atoms with van der Waals surface area (Å²) in [5.41, 5.74) is 1.04. The number of aryl methyl sites for hydroxylation is 1. The van der Waals surface area contributed by atoms with Crippen LogP contribution in [0.4, 0.5) is 4.39 Å². The largest absolute Gasteiger partial charge is 0.335 e. The van der Waals surface area contributed by atoms with E-state index in [0.29, 0.717) is 0 Å². The fraction of sp³-hybridized carbons (Fsp3) is 0.357. The minimum atomic E-state index is -0.236. The van der Waals surface area contributed by atoms with Gasteiger partial charge in [-0.15, -0.1) is 0 Å². The molecule has 0 aliphatic heterocycles. The van der Waals surface area contributed by atoms with Gasteiger partial charge in [-0.1, -0.05) is 22.0 Å². The molecule has 0 spiro atoms. The molecule has 1 aromatic heterocycles. The first kappa shape index (κ1) is 14.2. The molecular weight excluding hydrogens is 309 g/mol. The molecule has 0 saturated heterocycles. The summed E-state index contributed by atoms with van der Waals surface area (Å²) in [6, 6.07) is 4.88. The van der Waals surface area contributed by atoms with Crippen LogP contribution in [0.15, 0.2) is 35.1 Å². The van der Waals surface area contributed by atoms with E-state index >= 15 is 0 Å². The summed E-state index contributed by atoms with van der Waals surface area (Å²) in [5, 5.41) is 3.26. The number of likely N-dealkylation sites (N-methyl/N-ethyl adjacent to an activating group) is 1. The van der Waals surface area contributed by atoms with Gasteiger partial charge in [0, 0.05) is 35.9 Å². The first-order valence-electron chi connectivity index (χ1n) is 6.28. The third-order valence-electron chi connectivity index (χ3n) is 3.22. The fourth-order valence-corrected chi connectivity index (χ4v) is 2.78. The molecule has 1 unspecified atom stereocenters. The van der Waals surface area contributed by atoms with Crippen molar-refractivity contribution in [2.75, 3.05) is 7.05 Å². The van der Waals surface area contributed by atoms with E-state index in [-0.39, 0.29) is 11.9 Å². The molecule has 19 heavy (non-hydrogen) atoms. The Bertz CT molecular complexity index is 553. The highest BCUT2D eigenvalue weighted by Crippen LogP contribution is 2.26. The molecule has 102 valence electrons. The van der Waals surface area contributed by atoms with Gasteiger partial charge in [0.1, 0.15) is 11.6 Å². The second-order valence-corrected chi connectivity index (χ2v) is 5.20. The number of halogens is 2. The van der Waals surface area contributed by atoms with Gasteiger partial charge in [-0.3, -0.25) is 0 Å².